The number of nitrogens with one attached hydrogen (secondary N) is 2. The molecule has 1 fully saturated rings. The number of aliphatic imine (C=N–C) groups is 1. The van der Waals surface area contributed by atoms with E-state index in [-0.39, 0.29) is 30.1 Å². The normalized spacial score (nSPS) is 16.4. The number of guanidine groups is 1. The van der Waals surface area contributed by atoms with E-state index in [1.807, 2.05) is 0 Å². The highest BCUT2D eigenvalue weighted by Gasteiger charge is 2.18. The van der Waals surface area contributed by atoms with Crippen LogP contribution in [0.5, 0.6) is 5.75 Å². The van der Waals surface area contributed by atoms with Gasteiger partial charge in [0.1, 0.15) is 24.0 Å². The fourth-order valence-electron chi connectivity index (χ4n) is 3.14. The van der Waals surface area contributed by atoms with Crippen LogP contribution in [0.3, 0.4) is 0 Å². The molecule has 1 aliphatic rings. The number of benzene rings is 1. The second-order valence-corrected chi connectivity index (χ2v) is 6.86. The van der Waals surface area contributed by atoms with Gasteiger partial charge in [0, 0.05) is 45.1 Å². The van der Waals surface area contributed by atoms with E-state index in [1.54, 1.807) is 13.4 Å². The topological polar surface area (TPSA) is 85.6 Å². The number of aryl methyl sites for hydroxylation is 2. The first-order valence-corrected chi connectivity index (χ1v) is 9.84. The molecule has 8 nitrogen and oxygen atoms in total. The standard InChI is InChI=1S/C20H30N6O2.HI/c1-4-19-25-24-14-26(19)9-8-22-20(21-3)23-12-16-6-5-15(2)11-18(16)28-17-7-10-27-13-17;/h5-6,11,14,17H,4,7-10,12-13H2,1-3H3,(H2,21,22,23);1H. The van der Waals surface area contributed by atoms with Crippen molar-refractivity contribution in [1.29, 1.82) is 0 Å². The molecule has 0 saturated carbocycles. The molecule has 1 aromatic heterocycles. The van der Waals surface area contributed by atoms with Gasteiger partial charge in [-0.1, -0.05) is 19.1 Å². The lowest BCUT2D eigenvalue weighted by Gasteiger charge is -2.18. The Labute approximate surface area is 189 Å². The van der Waals surface area contributed by atoms with Crippen LogP contribution in [-0.2, 0) is 24.2 Å². The number of rotatable bonds is 8. The maximum Gasteiger partial charge on any atom is 0.191 e. The first kappa shape index (κ1) is 23.4. The molecule has 0 amide bonds. The van der Waals surface area contributed by atoms with Gasteiger partial charge in [-0.25, -0.2) is 0 Å². The Morgan fingerprint density at radius 2 is 2.24 bits per heavy atom. The summed E-state index contributed by atoms with van der Waals surface area (Å²) in [7, 11) is 1.77. The number of aromatic nitrogens is 3. The average Bonchev–Trinajstić information content (AvgIpc) is 3.37. The van der Waals surface area contributed by atoms with Crippen LogP contribution in [0, 0.1) is 6.92 Å². The summed E-state index contributed by atoms with van der Waals surface area (Å²) >= 11 is 0. The fraction of sp³-hybridized carbons (Fsp3) is 0.550. The molecule has 1 aromatic carbocycles. The van der Waals surface area contributed by atoms with E-state index in [9.17, 15) is 0 Å². The van der Waals surface area contributed by atoms with Gasteiger partial charge in [-0.3, -0.25) is 4.99 Å². The molecule has 1 unspecified atom stereocenters. The van der Waals surface area contributed by atoms with Crippen molar-refractivity contribution in [1.82, 2.24) is 25.4 Å². The minimum Gasteiger partial charge on any atom is -0.488 e. The zero-order valence-corrected chi connectivity index (χ0v) is 19.7. The first-order chi connectivity index (χ1) is 13.7. The van der Waals surface area contributed by atoms with Gasteiger partial charge in [0.25, 0.3) is 0 Å². The summed E-state index contributed by atoms with van der Waals surface area (Å²) in [5.74, 6) is 2.65. The van der Waals surface area contributed by atoms with E-state index >= 15 is 0 Å². The van der Waals surface area contributed by atoms with Crippen molar-refractivity contribution >= 4 is 29.9 Å². The molecule has 0 aliphatic carbocycles. The molecule has 9 heteroatoms. The van der Waals surface area contributed by atoms with Crippen LogP contribution in [0.1, 0.15) is 30.3 Å². The third-order valence-electron chi connectivity index (χ3n) is 4.73. The number of ether oxygens (including phenoxy) is 2. The van der Waals surface area contributed by atoms with Gasteiger partial charge in [-0.05, 0) is 18.6 Å². The molecule has 0 bridgehead atoms. The van der Waals surface area contributed by atoms with E-state index in [2.05, 4.69) is 62.4 Å². The Morgan fingerprint density at radius 3 is 2.97 bits per heavy atom. The Bertz CT molecular complexity index is 789. The lowest BCUT2D eigenvalue weighted by molar-refractivity contribution is 0.140. The SMILES string of the molecule is CCc1nncn1CCNC(=NC)NCc1ccc(C)cc1OC1CCOC1.I. The van der Waals surface area contributed by atoms with E-state index < -0.39 is 0 Å². The third kappa shape index (κ3) is 6.84. The van der Waals surface area contributed by atoms with Crippen LogP contribution in [0.4, 0.5) is 0 Å². The van der Waals surface area contributed by atoms with Gasteiger partial charge in [0.2, 0.25) is 0 Å². The van der Waals surface area contributed by atoms with Crippen molar-refractivity contribution < 1.29 is 9.47 Å². The van der Waals surface area contributed by atoms with Crippen molar-refractivity contribution in [2.24, 2.45) is 4.99 Å². The smallest absolute Gasteiger partial charge is 0.191 e. The Kier molecular flexibility index (Phi) is 9.65. The average molecular weight is 514 g/mol. The van der Waals surface area contributed by atoms with Crippen molar-refractivity contribution in [3.05, 3.63) is 41.5 Å². The van der Waals surface area contributed by atoms with Crippen molar-refractivity contribution in [2.45, 2.75) is 45.9 Å². The van der Waals surface area contributed by atoms with Crippen LogP contribution in [0.15, 0.2) is 29.5 Å². The van der Waals surface area contributed by atoms with Crippen LogP contribution >= 0.6 is 24.0 Å². The summed E-state index contributed by atoms with van der Waals surface area (Å²) in [5, 5.41) is 14.8. The molecule has 1 atom stereocenters. The molecule has 160 valence electrons. The van der Waals surface area contributed by atoms with Gasteiger partial charge in [-0.2, -0.15) is 0 Å². The van der Waals surface area contributed by atoms with Crippen LogP contribution in [-0.4, -0.2) is 53.6 Å². The van der Waals surface area contributed by atoms with E-state index in [4.69, 9.17) is 9.47 Å². The molecular weight excluding hydrogens is 483 g/mol. The van der Waals surface area contributed by atoms with Crippen LogP contribution in [0.2, 0.25) is 0 Å². The largest absolute Gasteiger partial charge is 0.488 e. The van der Waals surface area contributed by atoms with Gasteiger partial charge < -0.3 is 24.7 Å². The number of hydrogen-bond acceptors (Lipinski definition) is 5. The van der Waals surface area contributed by atoms with Crippen LogP contribution < -0.4 is 15.4 Å². The second kappa shape index (κ2) is 12.0. The van der Waals surface area contributed by atoms with Crippen molar-refractivity contribution in [3.8, 4) is 5.75 Å². The third-order valence-corrected chi connectivity index (χ3v) is 4.73. The van der Waals surface area contributed by atoms with Crippen molar-refractivity contribution in [3.63, 3.8) is 0 Å². The quantitative estimate of drug-likeness (QED) is 0.320. The predicted octanol–water partition coefficient (Wildman–Crippen LogP) is 2.30. The summed E-state index contributed by atoms with van der Waals surface area (Å²) in [5.41, 5.74) is 2.29. The molecule has 0 radical (unpaired) electrons. The lowest BCUT2D eigenvalue weighted by atomic mass is 10.1. The molecule has 2 aromatic rings. The van der Waals surface area contributed by atoms with Gasteiger partial charge >= 0.3 is 0 Å². The lowest BCUT2D eigenvalue weighted by Crippen LogP contribution is -2.38. The molecule has 2 N–H and O–H groups in total. The predicted molar refractivity (Wildman–Crippen MR) is 124 cm³/mol. The zero-order chi connectivity index (χ0) is 19.8. The summed E-state index contributed by atoms with van der Waals surface area (Å²) in [6.07, 6.45) is 3.70. The minimum absolute atomic E-state index is 0. The summed E-state index contributed by atoms with van der Waals surface area (Å²) in [6.45, 7) is 7.74. The Morgan fingerprint density at radius 1 is 1.38 bits per heavy atom. The highest BCUT2D eigenvalue weighted by molar-refractivity contribution is 14.0. The highest BCUT2D eigenvalue weighted by atomic mass is 127. The second-order valence-electron chi connectivity index (χ2n) is 6.86. The molecule has 1 saturated heterocycles. The number of nitrogens with zero attached hydrogens (tertiary/aromatic N) is 4. The summed E-state index contributed by atoms with van der Waals surface area (Å²) in [4.78, 5) is 4.31. The molecular formula is C20H31IN6O2. The first-order valence-electron chi connectivity index (χ1n) is 9.84. The van der Waals surface area contributed by atoms with E-state index in [1.165, 1.54) is 5.56 Å². The fourth-order valence-corrected chi connectivity index (χ4v) is 3.14. The molecule has 2 heterocycles. The molecule has 0 spiro atoms. The maximum absolute atomic E-state index is 6.17. The van der Waals surface area contributed by atoms with E-state index in [0.717, 1.165) is 55.6 Å². The summed E-state index contributed by atoms with van der Waals surface area (Å²) < 4.78 is 13.6. The minimum atomic E-state index is 0. The van der Waals surface area contributed by atoms with Crippen LogP contribution in [0.25, 0.3) is 0 Å². The Balaban J connectivity index is 0.00000300. The number of halogens is 1. The zero-order valence-electron chi connectivity index (χ0n) is 17.4. The molecule has 3 rings (SSSR count). The van der Waals surface area contributed by atoms with Crippen molar-refractivity contribution in [2.75, 3.05) is 26.8 Å². The van der Waals surface area contributed by atoms with Gasteiger partial charge in [0.05, 0.1) is 13.2 Å². The Hall–Kier alpha value is -1.88. The maximum atomic E-state index is 6.17. The molecule has 29 heavy (non-hydrogen) atoms. The van der Waals surface area contributed by atoms with E-state index in [0.29, 0.717) is 13.2 Å². The van der Waals surface area contributed by atoms with Gasteiger partial charge in [-0.15, -0.1) is 34.2 Å². The number of hydrogen-bond donors (Lipinski definition) is 2. The highest BCUT2D eigenvalue weighted by Crippen LogP contribution is 2.23. The van der Waals surface area contributed by atoms with Gasteiger partial charge in [0.15, 0.2) is 5.96 Å². The monoisotopic (exact) mass is 514 g/mol. The summed E-state index contributed by atoms with van der Waals surface area (Å²) in [6, 6.07) is 6.29. The molecule has 1 aliphatic heterocycles.